The average Bonchev–Trinajstić information content (AvgIpc) is 2.78. The van der Waals surface area contributed by atoms with Crippen LogP contribution in [0.1, 0.15) is 11.5 Å². The predicted octanol–water partition coefficient (Wildman–Crippen LogP) is -0.172. The van der Waals surface area contributed by atoms with E-state index in [1.807, 2.05) is 17.8 Å². The Labute approximate surface area is 81.4 Å². The van der Waals surface area contributed by atoms with Gasteiger partial charge in [0, 0.05) is 19.8 Å². The van der Waals surface area contributed by atoms with Crippen LogP contribution >= 0.6 is 0 Å². The molecule has 0 atom stereocenters. The van der Waals surface area contributed by atoms with Crippen LogP contribution in [-0.4, -0.2) is 24.7 Å². The van der Waals surface area contributed by atoms with Crippen molar-refractivity contribution in [1.82, 2.24) is 30.0 Å². The minimum absolute atomic E-state index is 0.686. The van der Waals surface area contributed by atoms with E-state index in [4.69, 9.17) is 0 Å². The molecule has 0 saturated carbocycles. The first-order valence-corrected chi connectivity index (χ1v) is 4.36. The van der Waals surface area contributed by atoms with Gasteiger partial charge in [0.2, 0.25) is 0 Å². The summed E-state index contributed by atoms with van der Waals surface area (Å²) in [5.74, 6) is 0.840. The maximum atomic E-state index is 4.02. The fourth-order valence-corrected chi connectivity index (χ4v) is 1.18. The normalized spacial score (nSPS) is 10.6. The highest BCUT2D eigenvalue weighted by Crippen LogP contribution is 1.95. The summed E-state index contributed by atoms with van der Waals surface area (Å²) < 4.78 is 1.98. The predicted molar refractivity (Wildman–Crippen MR) is 50.1 cm³/mol. The molecule has 0 radical (unpaired) electrons. The topological polar surface area (TPSA) is 71.4 Å². The van der Waals surface area contributed by atoms with E-state index in [0.29, 0.717) is 6.54 Å². The maximum Gasteiger partial charge on any atom is 0.138 e. The van der Waals surface area contributed by atoms with Crippen molar-refractivity contribution in [3.63, 3.8) is 0 Å². The Bertz CT molecular complexity index is 376. The third-order valence-corrected chi connectivity index (χ3v) is 1.98. The average molecular weight is 192 g/mol. The van der Waals surface area contributed by atoms with Crippen molar-refractivity contribution in [1.29, 1.82) is 0 Å². The van der Waals surface area contributed by atoms with E-state index in [1.165, 1.54) is 6.33 Å². The van der Waals surface area contributed by atoms with E-state index in [-0.39, 0.29) is 0 Å². The van der Waals surface area contributed by atoms with Crippen molar-refractivity contribution >= 4 is 0 Å². The Morgan fingerprint density at radius 1 is 1.50 bits per heavy atom. The fourth-order valence-electron chi connectivity index (χ4n) is 1.18. The van der Waals surface area contributed by atoms with Crippen LogP contribution in [0.15, 0.2) is 18.9 Å². The molecule has 14 heavy (non-hydrogen) atoms. The first-order valence-electron chi connectivity index (χ1n) is 4.36. The van der Waals surface area contributed by atoms with E-state index >= 15 is 0 Å². The minimum atomic E-state index is 0.686. The summed E-state index contributed by atoms with van der Waals surface area (Å²) in [6.45, 7) is 1.46. The lowest BCUT2D eigenvalue weighted by Crippen LogP contribution is -2.15. The summed E-state index contributed by atoms with van der Waals surface area (Å²) in [5.41, 5.74) is 1.14. The van der Waals surface area contributed by atoms with Crippen LogP contribution in [0.3, 0.4) is 0 Å². The molecule has 0 aromatic carbocycles. The van der Waals surface area contributed by atoms with Crippen LogP contribution in [0.25, 0.3) is 0 Å². The van der Waals surface area contributed by atoms with Gasteiger partial charge in [0.15, 0.2) is 0 Å². The SMILES string of the molecule is Cn1cncc1CNCc1ncn[nH]1. The van der Waals surface area contributed by atoms with E-state index in [1.54, 1.807) is 6.33 Å². The van der Waals surface area contributed by atoms with Crippen LogP contribution in [0.5, 0.6) is 0 Å². The molecule has 0 amide bonds. The molecule has 74 valence electrons. The fraction of sp³-hybridized carbons (Fsp3) is 0.375. The Kier molecular flexibility index (Phi) is 2.55. The Morgan fingerprint density at radius 3 is 3.07 bits per heavy atom. The molecule has 2 aromatic heterocycles. The van der Waals surface area contributed by atoms with Gasteiger partial charge in [0.25, 0.3) is 0 Å². The molecule has 0 aliphatic heterocycles. The molecule has 2 rings (SSSR count). The molecular formula is C8H12N6. The Morgan fingerprint density at radius 2 is 2.43 bits per heavy atom. The number of nitrogens with one attached hydrogen (secondary N) is 2. The van der Waals surface area contributed by atoms with Gasteiger partial charge in [-0.25, -0.2) is 9.97 Å². The Hall–Kier alpha value is -1.69. The molecule has 0 unspecified atom stereocenters. The number of aryl methyl sites for hydroxylation is 1. The second-order valence-electron chi connectivity index (χ2n) is 3.03. The number of hydrogen-bond acceptors (Lipinski definition) is 4. The number of nitrogens with zero attached hydrogens (tertiary/aromatic N) is 4. The van der Waals surface area contributed by atoms with E-state index in [0.717, 1.165) is 18.1 Å². The largest absolute Gasteiger partial charge is 0.337 e. The summed E-state index contributed by atoms with van der Waals surface area (Å²) in [5, 5.41) is 9.78. The molecule has 6 heteroatoms. The Balaban J connectivity index is 1.81. The van der Waals surface area contributed by atoms with Crippen molar-refractivity contribution in [2.24, 2.45) is 7.05 Å². The van der Waals surface area contributed by atoms with E-state index in [2.05, 4.69) is 25.5 Å². The second kappa shape index (κ2) is 4.01. The molecule has 6 nitrogen and oxygen atoms in total. The summed E-state index contributed by atoms with van der Waals surface area (Å²) in [4.78, 5) is 8.03. The molecule has 0 fully saturated rings. The second-order valence-corrected chi connectivity index (χ2v) is 3.03. The smallest absolute Gasteiger partial charge is 0.138 e. The quantitative estimate of drug-likeness (QED) is 0.705. The van der Waals surface area contributed by atoms with Crippen LogP contribution in [0, 0.1) is 0 Å². The van der Waals surface area contributed by atoms with E-state index < -0.39 is 0 Å². The number of aromatic nitrogens is 5. The zero-order valence-corrected chi connectivity index (χ0v) is 7.94. The molecule has 0 aliphatic rings. The van der Waals surface area contributed by atoms with Gasteiger partial charge in [-0.1, -0.05) is 0 Å². The number of H-pyrrole nitrogens is 1. The van der Waals surface area contributed by atoms with Crippen molar-refractivity contribution in [3.8, 4) is 0 Å². The molecular weight excluding hydrogens is 180 g/mol. The maximum absolute atomic E-state index is 4.02. The molecule has 2 heterocycles. The minimum Gasteiger partial charge on any atom is -0.337 e. The molecule has 2 aromatic rings. The molecule has 0 saturated heterocycles. The summed E-state index contributed by atoms with van der Waals surface area (Å²) in [7, 11) is 1.97. The van der Waals surface area contributed by atoms with Crippen molar-refractivity contribution in [3.05, 3.63) is 30.4 Å². The third kappa shape index (κ3) is 1.97. The monoisotopic (exact) mass is 192 g/mol. The number of rotatable bonds is 4. The lowest BCUT2D eigenvalue weighted by Gasteiger charge is -2.02. The van der Waals surface area contributed by atoms with Gasteiger partial charge in [0.1, 0.15) is 12.2 Å². The molecule has 0 aliphatic carbocycles. The zero-order valence-electron chi connectivity index (χ0n) is 7.94. The van der Waals surface area contributed by atoms with Crippen LogP contribution in [-0.2, 0) is 20.1 Å². The number of imidazole rings is 1. The standard InChI is InChI=1S/C8H12N6/c1-14-6-10-3-7(14)2-9-4-8-11-5-12-13-8/h3,5-6,9H,2,4H2,1H3,(H,11,12,13). The highest BCUT2D eigenvalue weighted by Gasteiger charge is 1.98. The lowest BCUT2D eigenvalue weighted by molar-refractivity contribution is 0.635. The van der Waals surface area contributed by atoms with Gasteiger partial charge in [0.05, 0.1) is 18.6 Å². The van der Waals surface area contributed by atoms with Crippen molar-refractivity contribution in [2.45, 2.75) is 13.1 Å². The summed E-state index contributed by atoms with van der Waals surface area (Å²) in [6, 6.07) is 0. The summed E-state index contributed by atoms with van der Waals surface area (Å²) >= 11 is 0. The van der Waals surface area contributed by atoms with Gasteiger partial charge in [-0.2, -0.15) is 5.10 Å². The van der Waals surface area contributed by atoms with Crippen LogP contribution in [0.2, 0.25) is 0 Å². The van der Waals surface area contributed by atoms with Gasteiger partial charge in [-0.05, 0) is 0 Å². The highest BCUT2D eigenvalue weighted by atomic mass is 15.2. The number of aromatic amines is 1. The first kappa shape index (κ1) is 8.89. The van der Waals surface area contributed by atoms with Crippen LogP contribution < -0.4 is 5.32 Å². The van der Waals surface area contributed by atoms with Gasteiger partial charge >= 0.3 is 0 Å². The molecule has 2 N–H and O–H groups in total. The number of hydrogen-bond donors (Lipinski definition) is 2. The summed E-state index contributed by atoms with van der Waals surface area (Å²) in [6.07, 6.45) is 5.12. The highest BCUT2D eigenvalue weighted by molar-refractivity contribution is 4.96. The lowest BCUT2D eigenvalue weighted by atomic mass is 10.4. The van der Waals surface area contributed by atoms with Crippen molar-refractivity contribution < 1.29 is 0 Å². The third-order valence-electron chi connectivity index (χ3n) is 1.98. The molecule has 0 spiro atoms. The van der Waals surface area contributed by atoms with Gasteiger partial charge in [-0.15, -0.1) is 0 Å². The molecule has 0 bridgehead atoms. The van der Waals surface area contributed by atoms with Gasteiger partial charge < -0.3 is 9.88 Å². The van der Waals surface area contributed by atoms with E-state index in [9.17, 15) is 0 Å². The zero-order chi connectivity index (χ0) is 9.80. The van der Waals surface area contributed by atoms with Gasteiger partial charge in [-0.3, -0.25) is 5.10 Å². The van der Waals surface area contributed by atoms with Crippen molar-refractivity contribution in [2.75, 3.05) is 0 Å². The first-order chi connectivity index (χ1) is 6.86. The van der Waals surface area contributed by atoms with Crippen LogP contribution in [0.4, 0.5) is 0 Å².